The number of nitro benzene ring substituents is 1. The van der Waals surface area contributed by atoms with Crippen LogP contribution in [0.15, 0.2) is 24.3 Å². The van der Waals surface area contributed by atoms with Crippen LogP contribution < -0.4 is 10.1 Å². The molecule has 1 aliphatic rings. The topological polar surface area (TPSA) is 81.5 Å². The molecule has 0 bridgehead atoms. The van der Waals surface area contributed by atoms with E-state index in [1.54, 1.807) is 12.1 Å². The van der Waals surface area contributed by atoms with Gasteiger partial charge in [-0.1, -0.05) is 31.9 Å². The Morgan fingerprint density at radius 3 is 2.81 bits per heavy atom. The number of rotatable bonds is 5. The fourth-order valence-electron chi connectivity index (χ4n) is 2.65. The number of amides is 1. The number of benzene rings is 1. The lowest BCUT2D eigenvalue weighted by atomic mass is 9.86. The molecule has 0 spiro atoms. The molecular formula is C15H20N2O4. The van der Waals surface area contributed by atoms with Crippen LogP contribution >= 0.6 is 0 Å². The molecule has 1 aromatic carbocycles. The van der Waals surface area contributed by atoms with Crippen molar-refractivity contribution in [2.45, 2.75) is 38.6 Å². The second-order valence-corrected chi connectivity index (χ2v) is 5.45. The van der Waals surface area contributed by atoms with Gasteiger partial charge in [0.25, 0.3) is 5.91 Å². The molecule has 21 heavy (non-hydrogen) atoms. The van der Waals surface area contributed by atoms with Gasteiger partial charge in [-0.05, 0) is 24.8 Å². The van der Waals surface area contributed by atoms with Crippen LogP contribution in [-0.2, 0) is 4.79 Å². The quantitative estimate of drug-likeness (QED) is 0.668. The highest BCUT2D eigenvalue weighted by Gasteiger charge is 2.23. The van der Waals surface area contributed by atoms with E-state index in [0.29, 0.717) is 5.92 Å². The van der Waals surface area contributed by atoms with Crippen LogP contribution in [-0.4, -0.2) is 23.5 Å². The molecule has 1 fully saturated rings. The highest BCUT2D eigenvalue weighted by atomic mass is 16.6. The first-order valence-electron chi connectivity index (χ1n) is 7.23. The lowest BCUT2D eigenvalue weighted by Gasteiger charge is -2.29. The van der Waals surface area contributed by atoms with Gasteiger partial charge in [-0.3, -0.25) is 14.9 Å². The molecule has 0 aliphatic heterocycles. The molecule has 0 saturated heterocycles. The van der Waals surface area contributed by atoms with Crippen LogP contribution in [0, 0.1) is 16.0 Å². The maximum Gasteiger partial charge on any atom is 0.310 e. The molecule has 1 aromatic rings. The van der Waals surface area contributed by atoms with Gasteiger partial charge in [0.1, 0.15) is 0 Å². The van der Waals surface area contributed by atoms with Gasteiger partial charge in [0, 0.05) is 12.1 Å². The standard InChI is InChI=1S/C15H20N2O4/c1-11-6-2-3-7-12(11)16-15(18)10-21-14-9-5-4-8-13(14)17(19)20/h4-5,8-9,11-12H,2-3,6-7,10H2,1H3,(H,16,18)/t11-,12-/m1/s1. The van der Waals surface area contributed by atoms with Crippen LogP contribution in [0.1, 0.15) is 32.6 Å². The summed E-state index contributed by atoms with van der Waals surface area (Å²) in [6.45, 7) is 1.93. The monoisotopic (exact) mass is 292 g/mol. The average Bonchev–Trinajstić information content (AvgIpc) is 2.48. The molecule has 0 radical (unpaired) electrons. The highest BCUT2D eigenvalue weighted by molar-refractivity contribution is 5.78. The van der Waals surface area contributed by atoms with Crippen molar-refractivity contribution in [3.8, 4) is 5.75 Å². The first-order valence-corrected chi connectivity index (χ1v) is 7.23. The van der Waals surface area contributed by atoms with Crippen molar-refractivity contribution in [3.05, 3.63) is 34.4 Å². The fraction of sp³-hybridized carbons (Fsp3) is 0.533. The number of nitro groups is 1. The Labute approximate surface area is 123 Å². The van der Waals surface area contributed by atoms with E-state index in [0.717, 1.165) is 19.3 Å². The van der Waals surface area contributed by atoms with Crippen molar-refractivity contribution < 1.29 is 14.5 Å². The van der Waals surface area contributed by atoms with Gasteiger partial charge < -0.3 is 10.1 Å². The summed E-state index contributed by atoms with van der Waals surface area (Å²) < 4.78 is 5.28. The summed E-state index contributed by atoms with van der Waals surface area (Å²) >= 11 is 0. The summed E-state index contributed by atoms with van der Waals surface area (Å²) in [4.78, 5) is 22.2. The Bertz CT molecular complexity index is 518. The first-order chi connectivity index (χ1) is 10.1. The second kappa shape index (κ2) is 7.06. The zero-order chi connectivity index (χ0) is 15.2. The van der Waals surface area contributed by atoms with Crippen molar-refractivity contribution >= 4 is 11.6 Å². The third-order valence-corrected chi connectivity index (χ3v) is 3.88. The number of hydrogen-bond donors (Lipinski definition) is 1. The van der Waals surface area contributed by atoms with Crippen molar-refractivity contribution in [2.75, 3.05) is 6.61 Å². The van der Waals surface area contributed by atoms with Crippen LogP contribution in [0.4, 0.5) is 5.69 Å². The van der Waals surface area contributed by atoms with Crippen molar-refractivity contribution in [3.63, 3.8) is 0 Å². The molecule has 1 aliphatic carbocycles. The molecule has 2 rings (SSSR count). The van der Waals surface area contributed by atoms with Crippen molar-refractivity contribution in [2.24, 2.45) is 5.92 Å². The number of nitrogens with zero attached hydrogens (tertiary/aromatic N) is 1. The summed E-state index contributed by atoms with van der Waals surface area (Å²) in [6, 6.07) is 6.24. The summed E-state index contributed by atoms with van der Waals surface area (Å²) in [7, 11) is 0. The van der Waals surface area contributed by atoms with Crippen LogP contribution in [0.5, 0.6) is 5.75 Å². The Kier molecular flexibility index (Phi) is 5.14. The van der Waals surface area contributed by atoms with Gasteiger partial charge in [-0.2, -0.15) is 0 Å². The summed E-state index contributed by atoms with van der Waals surface area (Å²) in [5.74, 6) is 0.356. The minimum atomic E-state index is -0.517. The maximum atomic E-state index is 11.9. The predicted molar refractivity (Wildman–Crippen MR) is 78.2 cm³/mol. The molecule has 1 N–H and O–H groups in total. The Balaban J connectivity index is 1.88. The number of hydrogen-bond acceptors (Lipinski definition) is 4. The van der Waals surface area contributed by atoms with E-state index in [9.17, 15) is 14.9 Å². The van der Waals surface area contributed by atoms with E-state index in [-0.39, 0.29) is 30.0 Å². The van der Waals surface area contributed by atoms with Gasteiger partial charge in [-0.15, -0.1) is 0 Å². The Morgan fingerprint density at radius 1 is 1.38 bits per heavy atom. The first kappa shape index (κ1) is 15.3. The lowest BCUT2D eigenvalue weighted by Crippen LogP contribution is -2.43. The van der Waals surface area contributed by atoms with E-state index < -0.39 is 4.92 Å². The number of para-hydroxylation sites is 2. The van der Waals surface area contributed by atoms with Gasteiger partial charge in [0.15, 0.2) is 12.4 Å². The van der Waals surface area contributed by atoms with Crippen LogP contribution in [0.2, 0.25) is 0 Å². The van der Waals surface area contributed by atoms with Crippen LogP contribution in [0.25, 0.3) is 0 Å². The molecule has 2 atom stereocenters. The minimum Gasteiger partial charge on any atom is -0.477 e. The van der Waals surface area contributed by atoms with Gasteiger partial charge >= 0.3 is 5.69 Å². The molecular weight excluding hydrogens is 272 g/mol. The summed E-state index contributed by atoms with van der Waals surface area (Å²) in [5, 5.41) is 13.8. The number of carbonyl (C=O) groups excluding carboxylic acids is 1. The smallest absolute Gasteiger partial charge is 0.310 e. The minimum absolute atomic E-state index is 0.120. The van der Waals surface area contributed by atoms with Gasteiger partial charge in [0.05, 0.1) is 4.92 Å². The lowest BCUT2D eigenvalue weighted by molar-refractivity contribution is -0.385. The predicted octanol–water partition coefficient (Wildman–Crippen LogP) is 2.67. The highest BCUT2D eigenvalue weighted by Crippen LogP contribution is 2.26. The maximum absolute atomic E-state index is 11.9. The molecule has 0 heterocycles. The van der Waals surface area contributed by atoms with E-state index >= 15 is 0 Å². The average molecular weight is 292 g/mol. The summed E-state index contributed by atoms with van der Waals surface area (Å²) in [6.07, 6.45) is 4.44. The third-order valence-electron chi connectivity index (χ3n) is 3.88. The molecule has 1 saturated carbocycles. The van der Waals surface area contributed by atoms with Gasteiger partial charge in [-0.25, -0.2) is 0 Å². The van der Waals surface area contributed by atoms with E-state index in [1.807, 2.05) is 0 Å². The number of carbonyl (C=O) groups is 1. The molecule has 6 heteroatoms. The summed E-state index contributed by atoms with van der Waals surface area (Å²) in [5.41, 5.74) is -0.128. The van der Waals surface area contributed by atoms with Crippen molar-refractivity contribution in [1.29, 1.82) is 0 Å². The zero-order valence-electron chi connectivity index (χ0n) is 12.1. The molecule has 114 valence electrons. The SMILES string of the molecule is C[C@@H]1CCCC[C@H]1NC(=O)COc1ccccc1[N+](=O)[O-]. The molecule has 0 unspecified atom stereocenters. The number of nitrogens with one attached hydrogen (secondary N) is 1. The van der Waals surface area contributed by atoms with E-state index in [4.69, 9.17) is 4.74 Å². The van der Waals surface area contributed by atoms with E-state index in [1.165, 1.54) is 18.6 Å². The second-order valence-electron chi connectivity index (χ2n) is 5.45. The third kappa shape index (κ3) is 4.18. The van der Waals surface area contributed by atoms with Crippen LogP contribution in [0.3, 0.4) is 0 Å². The Morgan fingerprint density at radius 2 is 2.10 bits per heavy atom. The van der Waals surface area contributed by atoms with E-state index in [2.05, 4.69) is 12.2 Å². The largest absolute Gasteiger partial charge is 0.477 e. The fourth-order valence-corrected chi connectivity index (χ4v) is 2.65. The molecule has 1 amide bonds. The number of ether oxygens (including phenoxy) is 1. The van der Waals surface area contributed by atoms with Gasteiger partial charge in [0.2, 0.25) is 0 Å². The zero-order valence-corrected chi connectivity index (χ0v) is 12.1. The Hall–Kier alpha value is -2.11. The molecule has 6 nitrogen and oxygen atoms in total. The normalized spacial score (nSPS) is 21.6. The van der Waals surface area contributed by atoms with Crippen molar-refractivity contribution in [1.82, 2.24) is 5.32 Å². The molecule has 0 aromatic heterocycles.